The van der Waals surface area contributed by atoms with E-state index in [0.717, 1.165) is 0 Å². The van der Waals surface area contributed by atoms with Crippen molar-refractivity contribution in [3.8, 4) is 17.5 Å². The van der Waals surface area contributed by atoms with E-state index in [1.807, 2.05) is 0 Å². The summed E-state index contributed by atoms with van der Waals surface area (Å²) in [7, 11) is 0. The van der Waals surface area contributed by atoms with Crippen molar-refractivity contribution < 1.29 is 62.9 Å². The average molecular weight is 497 g/mol. The van der Waals surface area contributed by atoms with E-state index in [1.165, 1.54) is 18.2 Å². The molecule has 0 saturated carbocycles. The predicted octanol–water partition coefficient (Wildman–Crippen LogP) is 4.81. The van der Waals surface area contributed by atoms with Gasteiger partial charge in [-0.25, -0.2) is 4.98 Å². The zero-order valence-electron chi connectivity index (χ0n) is 17.7. The third-order valence-corrected chi connectivity index (χ3v) is 4.08. The first-order valence-corrected chi connectivity index (χ1v) is 8.55. The molecular formula is C20H19F3N3O3Y-. The standard InChI is InChI=1S/C20H19F3N3O3.Y/c1-2-3-12-19(20(21,22)23,28-13-14-8-5-4-6-9-14)18-26-25-17(29-18)15-10-7-11-16(27)24-15;/h4-11H,1-3,12-13H2,(H,24,27);/q-1;/i2D,3D;. The van der Waals surface area contributed by atoms with E-state index in [9.17, 15) is 18.3 Å². The van der Waals surface area contributed by atoms with Gasteiger partial charge >= 0.3 is 6.18 Å². The fourth-order valence-corrected chi connectivity index (χ4v) is 2.59. The molecule has 2 heterocycles. The van der Waals surface area contributed by atoms with Crippen LogP contribution >= 0.6 is 0 Å². The molecule has 3 aromatic rings. The van der Waals surface area contributed by atoms with Gasteiger partial charge in [0.15, 0.2) is 0 Å². The smallest absolute Gasteiger partial charge is 0.426 e. The molecule has 1 radical (unpaired) electrons. The van der Waals surface area contributed by atoms with E-state index < -0.39 is 43.5 Å². The van der Waals surface area contributed by atoms with Gasteiger partial charge in [0.05, 0.1) is 6.61 Å². The summed E-state index contributed by atoms with van der Waals surface area (Å²) in [5, 5.41) is 16.7. The third-order valence-electron chi connectivity index (χ3n) is 4.08. The number of halogens is 3. The molecule has 0 saturated heterocycles. The SMILES string of the molecule is [2H]C([CH2-])C([2H])CC(OCc1ccccc1)(c1nnc(-c2cccc(O)n2)o1)C(F)(F)F.[Y]. The Morgan fingerprint density at radius 1 is 1.10 bits per heavy atom. The molecule has 1 aromatic carbocycles. The first-order valence-electron chi connectivity index (χ1n) is 9.70. The summed E-state index contributed by atoms with van der Waals surface area (Å²) in [6, 6.07) is 12.2. The van der Waals surface area contributed by atoms with Crippen LogP contribution in [0, 0.1) is 6.92 Å². The zero-order chi connectivity index (χ0) is 22.6. The van der Waals surface area contributed by atoms with Gasteiger partial charge in [0, 0.05) is 40.1 Å². The quantitative estimate of drug-likeness (QED) is 0.450. The Bertz CT molecular complexity index is 1010. The number of aromatic hydroxyl groups is 1. The van der Waals surface area contributed by atoms with Crippen LogP contribution in [0.4, 0.5) is 13.2 Å². The molecule has 0 fully saturated rings. The van der Waals surface area contributed by atoms with Crippen LogP contribution < -0.4 is 0 Å². The van der Waals surface area contributed by atoms with Crippen LogP contribution in [-0.2, 0) is 49.7 Å². The van der Waals surface area contributed by atoms with Crippen LogP contribution in [0.5, 0.6) is 5.88 Å². The van der Waals surface area contributed by atoms with Gasteiger partial charge in [-0.3, -0.25) is 0 Å². The number of ether oxygens (including phenoxy) is 1. The van der Waals surface area contributed by atoms with E-state index in [1.54, 1.807) is 30.3 Å². The first-order chi connectivity index (χ1) is 14.6. The minimum atomic E-state index is -5.05. The third kappa shape index (κ3) is 5.44. The second-order valence-electron chi connectivity index (χ2n) is 6.07. The summed E-state index contributed by atoms with van der Waals surface area (Å²) < 4.78 is 69.3. The number of rotatable bonds is 8. The van der Waals surface area contributed by atoms with Crippen LogP contribution in [0.2, 0.25) is 0 Å². The molecule has 0 bridgehead atoms. The van der Waals surface area contributed by atoms with Crippen molar-refractivity contribution in [2.75, 3.05) is 0 Å². The largest absolute Gasteiger partial charge is 0.493 e. The van der Waals surface area contributed by atoms with Gasteiger partial charge in [-0.1, -0.05) is 42.8 Å². The van der Waals surface area contributed by atoms with Gasteiger partial charge in [0.2, 0.25) is 11.5 Å². The van der Waals surface area contributed by atoms with Crippen molar-refractivity contribution in [3.05, 3.63) is 66.9 Å². The molecule has 3 atom stereocenters. The molecule has 3 rings (SSSR count). The molecule has 10 heteroatoms. The van der Waals surface area contributed by atoms with Gasteiger partial charge in [-0.05, 0) is 19.4 Å². The molecule has 0 spiro atoms. The molecule has 2 aromatic heterocycles. The molecule has 0 amide bonds. The number of aromatic nitrogens is 3. The second-order valence-corrected chi connectivity index (χ2v) is 6.07. The predicted molar refractivity (Wildman–Crippen MR) is 97.4 cm³/mol. The Morgan fingerprint density at radius 3 is 2.47 bits per heavy atom. The Balaban J connectivity index is 0.00000363. The van der Waals surface area contributed by atoms with E-state index in [0.29, 0.717) is 5.56 Å². The van der Waals surface area contributed by atoms with Crippen molar-refractivity contribution >= 4 is 0 Å². The Morgan fingerprint density at radius 2 is 1.83 bits per heavy atom. The number of benzene rings is 1. The molecule has 3 unspecified atom stereocenters. The fourth-order valence-electron chi connectivity index (χ4n) is 2.59. The number of hydrogen-bond donors (Lipinski definition) is 1. The number of hydrogen-bond acceptors (Lipinski definition) is 6. The normalized spacial score (nSPS) is 16.5. The summed E-state index contributed by atoms with van der Waals surface area (Å²) >= 11 is 0. The van der Waals surface area contributed by atoms with Crippen molar-refractivity contribution in [1.82, 2.24) is 15.2 Å². The Kier molecular flexibility index (Phi) is 7.46. The maximum Gasteiger partial charge on any atom is 0.426 e. The summed E-state index contributed by atoms with van der Waals surface area (Å²) in [6.45, 7) is 2.88. The van der Waals surface area contributed by atoms with E-state index >= 15 is 0 Å². The van der Waals surface area contributed by atoms with Crippen LogP contribution in [0.1, 0.15) is 33.4 Å². The maximum absolute atomic E-state index is 14.4. The van der Waals surface area contributed by atoms with Crippen molar-refractivity contribution in [3.63, 3.8) is 0 Å². The second kappa shape index (κ2) is 10.5. The Labute approximate surface area is 199 Å². The van der Waals surface area contributed by atoms with Crippen molar-refractivity contribution in [2.24, 2.45) is 0 Å². The minimum absolute atomic E-state index is 0. The van der Waals surface area contributed by atoms with Crippen LogP contribution in [0.3, 0.4) is 0 Å². The molecule has 157 valence electrons. The molecule has 30 heavy (non-hydrogen) atoms. The zero-order valence-corrected chi connectivity index (χ0v) is 18.5. The topological polar surface area (TPSA) is 81.3 Å². The molecule has 6 nitrogen and oxygen atoms in total. The number of pyridine rings is 1. The minimum Gasteiger partial charge on any atom is -0.493 e. The molecular weight excluding hydrogens is 476 g/mol. The number of nitrogens with zero attached hydrogens (tertiary/aromatic N) is 3. The first kappa shape index (κ1) is 21.4. The van der Waals surface area contributed by atoms with Gasteiger partial charge in [0.1, 0.15) is 5.69 Å². The summed E-state index contributed by atoms with van der Waals surface area (Å²) in [6.07, 6.45) is -8.94. The summed E-state index contributed by atoms with van der Waals surface area (Å²) in [5.74, 6) is -1.66. The Hall–Kier alpha value is -1.84. The van der Waals surface area contributed by atoms with Crippen LogP contribution in [0.25, 0.3) is 11.6 Å². The average Bonchev–Trinajstić information content (AvgIpc) is 3.21. The van der Waals surface area contributed by atoms with E-state index in [4.69, 9.17) is 11.9 Å². The van der Waals surface area contributed by atoms with E-state index in [-0.39, 0.29) is 50.2 Å². The summed E-state index contributed by atoms with van der Waals surface area (Å²) in [4.78, 5) is 3.74. The van der Waals surface area contributed by atoms with Gasteiger partial charge < -0.3 is 21.2 Å². The van der Waals surface area contributed by atoms with Gasteiger partial charge in [-0.15, -0.1) is 10.2 Å². The van der Waals surface area contributed by atoms with E-state index in [2.05, 4.69) is 22.1 Å². The van der Waals surface area contributed by atoms with Gasteiger partial charge in [-0.2, -0.15) is 19.6 Å². The monoisotopic (exact) mass is 497 g/mol. The summed E-state index contributed by atoms with van der Waals surface area (Å²) in [5.41, 5.74) is -2.71. The molecule has 1 N–H and O–H groups in total. The number of alkyl halides is 3. The van der Waals surface area contributed by atoms with Gasteiger partial charge in [0.25, 0.3) is 11.8 Å². The molecule has 0 aliphatic carbocycles. The van der Waals surface area contributed by atoms with Crippen LogP contribution in [-0.4, -0.2) is 26.5 Å². The fraction of sp³-hybridized carbons (Fsp3) is 0.300. The van der Waals surface area contributed by atoms with Crippen LogP contribution in [0.15, 0.2) is 52.9 Å². The molecule has 0 aliphatic heterocycles. The molecule has 0 aliphatic rings. The van der Waals surface area contributed by atoms with Crippen molar-refractivity contribution in [1.29, 1.82) is 0 Å². The van der Waals surface area contributed by atoms with Crippen molar-refractivity contribution in [2.45, 2.75) is 37.6 Å². The maximum atomic E-state index is 14.4.